The maximum absolute atomic E-state index is 14.8. The number of hydrogen-bond acceptors (Lipinski definition) is 5. The Bertz CT molecular complexity index is 1350. The third kappa shape index (κ3) is 6.78. The van der Waals surface area contributed by atoms with Gasteiger partial charge in [-0.25, -0.2) is 13.8 Å². The molecule has 1 saturated heterocycles. The third-order valence-corrected chi connectivity index (χ3v) is 7.53. The fourth-order valence-electron chi connectivity index (χ4n) is 5.04. The fraction of sp³-hybridized carbons (Fsp3) is 0.438. The number of halogens is 2. The van der Waals surface area contributed by atoms with Gasteiger partial charge < -0.3 is 14.6 Å². The number of methoxy groups -OCH3 is 1. The minimum Gasteiger partial charge on any atom is -0.485 e. The van der Waals surface area contributed by atoms with Crippen molar-refractivity contribution in [3.63, 3.8) is 0 Å². The summed E-state index contributed by atoms with van der Waals surface area (Å²) in [5, 5.41) is 9.26. The molecule has 0 bridgehead atoms. The molecule has 2 aliphatic heterocycles. The summed E-state index contributed by atoms with van der Waals surface area (Å²) >= 11 is 0. The summed E-state index contributed by atoms with van der Waals surface area (Å²) < 4.78 is 40.0. The first-order valence-electron chi connectivity index (χ1n) is 14.0. The molecule has 212 valence electrons. The van der Waals surface area contributed by atoms with Gasteiger partial charge in [-0.3, -0.25) is 9.69 Å². The number of aromatic nitrogens is 1. The smallest absolute Gasteiger partial charge is 0.306 e. The van der Waals surface area contributed by atoms with Crippen molar-refractivity contribution in [1.82, 2.24) is 9.88 Å². The van der Waals surface area contributed by atoms with Crippen LogP contribution in [0, 0.1) is 11.7 Å². The predicted molar refractivity (Wildman–Crippen MR) is 149 cm³/mol. The van der Waals surface area contributed by atoms with Crippen LogP contribution in [0.25, 0.3) is 11.1 Å². The first-order valence-corrected chi connectivity index (χ1v) is 14.0. The van der Waals surface area contributed by atoms with Gasteiger partial charge in [-0.15, -0.1) is 0 Å². The van der Waals surface area contributed by atoms with E-state index in [1.807, 2.05) is 41.3 Å². The number of aliphatic carboxylic acids is 1. The van der Waals surface area contributed by atoms with Crippen LogP contribution in [0.3, 0.4) is 0 Å². The van der Waals surface area contributed by atoms with Crippen LogP contribution in [0.15, 0.2) is 48.7 Å². The van der Waals surface area contributed by atoms with Gasteiger partial charge in [0, 0.05) is 31.3 Å². The van der Waals surface area contributed by atoms with Crippen LogP contribution >= 0.6 is 0 Å². The van der Waals surface area contributed by atoms with Crippen molar-refractivity contribution in [2.24, 2.45) is 5.92 Å². The van der Waals surface area contributed by atoms with Crippen molar-refractivity contribution in [2.45, 2.75) is 64.3 Å². The maximum atomic E-state index is 14.8. The molecule has 1 aromatic heterocycles. The molecule has 1 saturated carbocycles. The van der Waals surface area contributed by atoms with Crippen molar-refractivity contribution >= 4 is 5.97 Å². The highest BCUT2D eigenvalue weighted by atomic mass is 19.1. The zero-order chi connectivity index (χ0) is 28.2. The Kier molecular flexibility index (Phi) is 8.64. The lowest BCUT2D eigenvalue weighted by atomic mass is 9.91. The molecule has 6 nitrogen and oxygen atoms in total. The van der Waals surface area contributed by atoms with Gasteiger partial charge in [0.2, 0.25) is 5.88 Å². The third-order valence-electron chi connectivity index (χ3n) is 7.53. The van der Waals surface area contributed by atoms with Crippen LogP contribution < -0.4 is 9.47 Å². The molecule has 3 aromatic rings. The summed E-state index contributed by atoms with van der Waals surface area (Å²) in [5.74, 6) is -0.670. The Hall–Kier alpha value is -3.52. The molecule has 1 N–H and O–H groups in total. The van der Waals surface area contributed by atoms with E-state index in [0.29, 0.717) is 43.1 Å². The second-order valence-corrected chi connectivity index (χ2v) is 11.0. The van der Waals surface area contributed by atoms with Crippen LogP contribution in [-0.2, 0) is 24.2 Å². The molecule has 0 radical (unpaired) electrons. The second kappa shape index (κ2) is 12.3. The first-order chi connectivity index (χ1) is 19.3. The SMILES string of the molecule is C1CC1.COc1cc(-c2ccc(C3CCc4ccc(CC(C)C(=O)O)cc4O3)cc2CN2CC(F)C2)c(F)cn1. The number of carboxylic acid groups (broad SMARTS) is 1. The van der Waals surface area contributed by atoms with Gasteiger partial charge in [0.05, 0.1) is 19.2 Å². The Morgan fingerprint density at radius 2 is 1.93 bits per heavy atom. The highest BCUT2D eigenvalue weighted by molar-refractivity contribution is 5.70. The average Bonchev–Trinajstić information content (AvgIpc) is 3.82. The van der Waals surface area contributed by atoms with Gasteiger partial charge in [-0.05, 0) is 53.1 Å². The molecule has 8 heteroatoms. The number of carbonyl (C=O) groups is 1. The van der Waals surface area contributed by atoms with Crippen molar-refractivity contribution in [3.8, 4) is 22.8 Å². The summed E-state index contributed by atoms with van der Waals surface area (Å²) in [6, 6.07) is 13.4. The molecule has 2 unspecified atom stereocenters. The molecule has 2 aromatic carbocycles. The standard InChI is InChI=1S/C29H30F2N2O4.C3H6/c1-17(29(34)35)9-18-3-4-19-6-8-26(37-27(19)10-18)20-5-7-23(21(11-20)14-33-15-22(30)16-33)24-12-28(36-2)32-13-25(24)31;1-2-3-1/h3-5,7,10-13,17,22,26H,6,8-9,14-16H2,1-2H3,(H,34,35);1-3H2. The Balaban J connectivity index is 0.00000101. The summed E-state index contributed by atoms with van der Waals surface area (Å²) in [5.41, 5.74) is 4.97. The summed E-state index contributed by atoms with van der Waals surface area (Å²) in [6.45, 7) is 2.90. The van der Waals surface area contributed by atoms with Crippen LogP contribution in [0.2, 0.25) is 0 Å². The largest absolute Gasteiger partial charge is 0.485 e. The number of pyridine rings is 1. The molecule has 0 amide bonds. The molecule has 2 fully saturated rings. The number of alkyl halides is 1. The molecule has 1 aliphatic carbocycles. The quantitative estimate of drug-likeness (QED) is 0.343. The number of hydrogen-bond donors (Lipinski definition) is 1. The van der Waals surface area contributed by atoms with E-state index in [9.17, 15) is 18.7 Å². The number of ether oxygens (including phenoxy) is 2. The number of nitrogens with zero attached hydrogens (tertiary/aromatic N) is 2. The molecular weight excluding hydrogens is 514 g/mol. The molecular formula is C32H36F2N2O4. The van der Waals surface area contributed by atoms with Crippen LogP contribution in [0.1, 0.15) is 61.0 Å². The summed E-state index contributed by atoms with van der Waals surface area (Å²) in [6.07, 6.45) is 6.66. The van der Waals surface area contributed by atoms with Gasteiger partial charge in [0.25, 0.3) is 0 Å². The Morgan fingerprint density at radius 1 is 1.15 bits per heavy atom. The fourth-order valence-corrected chi connectivity index (χ4v) is 5.04. The lowest BCUT2D eigenvalue weighted by molar-refractivity contribution is -0.141. The van der Waals surface area contributed by atoms with E-state index in [2.05, 4.69) is 4.98 Å². The summed E-state index contributed by atoms with van der Waals surface area (Å²) in [4.78, 5) is 17.2. The normalized spacial score (nSPS) is 18.9. The van der Waals surface area contributed by atoms with Gasteiger partial charge >= 0.3 is 5.97 Å². The molecule has 3 heterocycles. The van der Waals surface area contributed by atoms with Crippen LogP contribution in [0.4, 0.5) is 8.78 Å². The predicted octanol–water partition coefficient (Wildman–Crippen LogP) is 6.55. The minimum atomic E-state index is -0.833. The van der Waals surface area contributed by atoms with E-state index in [0.717, 1.165) is 47.0 Å². The van der Waals surface area contributed by atoms with E-state index in [-0.39, 0.29) is 6.10 Å². The number of benzene rings is 2. The van der Waals surface area contributed by atoms with Crippen molar-refractivity contribution in [3.05, 3.63) is 76.7 Å². The van der Waals surface area contributed by atoms with E-state index >= 15 is 0 Å². The van der Waals surface area contributed by atoms with Crippen molar-refractivity contribution in [2.75, 3.05) is 20.2 Å². The zero-order valence-corrected chi connectivity index (χ0v) is 23.0. The summed E-state index contributed by atoms with van der Waals surface area (Å²) in [7, 11) is 1.49. The van der Waals surface area contributed by atoms with Gasteiger partial charge in [0.15, 0.2) is 0 Å². The van der Waals surface area contributed by atoms with Gasteiger partial charge in [0.1, 0.15) is 23.8 Å². The molecule has 0 spiro atoms. The lowest BCUT2D eigenvalue weighted by Crippen LogP contribution is -2.47. The average molecular weight is 551 g/mol. The topological polar surface area (TPSA) is 71.9 Å². The number of carboxylic acids is 1. The van der Waals surface area contributed by atoms with E-state index in [4.69, 9.17) is 9.47 Å². The van der Waals surface area contributed by atoms with Crippen LogP contribution in [-0.4, -0.2) is 47.3 Å². The Morgan fingerprint density at radius 3 is 2.60 bits per heavy atom. The maximum Gasteiger partial charge on any atom is 0.306 e. The highest BCUT2D eigenvalue weighted by Gasteiger charge is 2.28. The van der Waals surface area contributed by atoms with E-state index < -0.39 is 23.9 Å². The number of fused-ring (bicyclic) bond motifs is 1. The second-order valence-electron chi connectivity index (χ2n) is 11.0. The minimum absolute atomic E-state index is 0.199. The van der Waals surface area contributed by atoms with E-state index in [1.54, 1.807) is 13.0 Å². The molecule has 3 aliphatic rings. The van der Waals surface area contributed by atoms with Crippen molar-refractivity contribution in [1.29, 1.82) is 0 Å². The lowest BCUT2D eigenvalue weighted by Gasteiger charge is -2.35. The zero-order valence-electron chi connectivity index (χ0n) is 23.0. The van der Waals surface area contributed by atoms with Crippen molar-refractivity contribution < 1.29 is 28.2 Å². The first kappa shape index (κ1) is 28.0. The number of rotatable bonds is 8. The molecule has 40 heavy (non-hydrogen) atoms. The van der Waals surface area contributed by atoms with Gasteiger partial charge in [-0.2, -0.15) is 0 Å². The van der Waals surface area contributed by atoms with Gasteiger partial charge in [-0.1, -0.05) is 56.5 Å². The number of likely N-dealkylation sites (tertiary alicyclic amines) is 1. The number of aryl methyl sites for hydroxylation is 1. The monoisotopic (exact) mass is 550 g/mol. The van der Waals surface area contributed by atoms with E-state index in [1.165, 1.54) is 26.4 Å². The molecule has 6 rings (SSSR count). The Labute approximate surface area is 234 Å². The van der Waals surface area contributed by atoms with Crippen LogP contribution in [0.5, 0.6) is 11.6 Å². The molecule has 2 atom stereocenters. The highest BCUT2D eigenvalue weighted by Crippen LogP contribution is 2.38.